The summed E-state index contributed by atoms with van der Waals surface area (Å²) < 4.78 is 8.65. The molecule has 0 unspecified atom stereocenters. The van der Waals surface area contributed by atoms with Crippen LogP contribution in [0.4, 0.5) is 0 Å². The topological polar surface area (TPSA) is 26.2 Å². The van der Waals surface area contributed by atoms with Gasteiger partial charge in [-0.15, -0.1) is 0 Å². The van der Waals surface area contributed by atoms with Gasteiger partial charge in [-0.05, 0) is 67.5 Å². The number of ether oxygens (including phenoxy) is 1. The third-order valence-electron chi connectivity index (χ3n) is 6.35. The van der Waals surface area contributed by atoms with Crippen molar-refractivity contribution in [2.24, 2.45) is 0 Å². The SMILES string of the molecule is Clc1ccc2c3c(n(CCOc4cccc5c4CCCC5)c2c1Cl)CCNCC3. The Morgan fingerprint density at radius 2 is 1.79 bits per heavy atom. The van der Waals surface area contributed by atoms with Gasteiger partial charge in [0.15, 0.2) is 0 Å². The molecule has 0 bridgehead atoms. The number of fused-ring (bicyclic) bond motifs is 4. The minimum Gasteiger partial charge on any atom is -0.491 e. The molecule has 1 aliphatic heterocycles. The lowest BCUT2D eigenvalue weighted by atomic mass is 9.91. The highest BCUT2D eigenvalue weighted by atomic mass is 35.5. The van der Waals surface area contributed by atoms with Crippen molar-refractivity contribution in [2.75, 3.05) is 19.7 Å². The molecular formula is C24H26Cl2N2O. The largest absolute Gasteiger partial charge is 0.491 e. The van der Waals surface area contributed by atoms with Crippen LogP contribution in [0.3, 0.4) is 0 Å². The highest BCUT2D eigenvalue weighted by Crippen LogP contribution is 2.37. The Labute approximate surface area is 181 Å². The molecule has 5 heteroatoms. The number of rotatable bonds is 4. The minimum atomic E-state index is 0.615. The van der Waals surface area contributed by atoms with E-state index in [0.29, 0.717) is 16.7 Å². The lowest BCUT2D eigenvalue weighted by Crippen LogP contribution is -2.18. The zero-order valence-electron chi connectivity index (χ0n) is 16.6. The van der Waals surface area contributed by atoms with Gasteiger partial charge < -0.3 is 14.6 Å². The van der Waals surface area contributed by atoms with E-state index in [1.54, 1.807) is 0 Å². The first kappa shape index (κ1) is 19.3. The summed E-state index contributed by atoms with van der Waals surface area (Å²) in [5, 5.41) is 6.01. The molecule has 0 fully saturated rings. The number of aromatic nitrogens is 1. The zero-order valence-corrected chi connectivity index (χ0v) is 18.1. The lowest BCUT2D eigenvalue weighted by Gasteiger charge is -2.20. The average Bonchev–Trinajstić information content (AvgIpc) is 2.89. The van der Waals surface area contributed by atoms with Crippen LogP contribution in [0.5, 0.6) is 5.75 Å². The number of hydrogen-bond acceptors (Lipinski definition) is 2. The summed E-state index contributed by atoms with van der Waals surface area (Å²) in [6.07, 6.45) is 6.85. The van der Waals surface area contributed by atoms with E-state index < -0.39 is 0 Å². The molecule has 2 heterocycles. The van der Waals surface area contributed by atoms with Crippen LogP contribution in [0.1, 0.15) is 35.2 Å². The molecule has 0 amide bonds. The fourth-order valence-electron chi connectivity index (χ4n) is 4.99. The Bertz CT molecular complexity index is 1060. The fraction of sp³-hybridized carbons (Fsp3) is 0.417. The summed E-state index contributed by atoms with van der Waals surface area (Å²) >= 11 is 13.0. The van der Waals surface area contributed by atoms with Gasteiger partial charge in [0.1, 0.15) is 12.4 Å². The van der Waals surface area contributed by atoms with Gasteiger partial charge in [0.25, 0.3) is 0 Å². The van der Waals surface area contributed by atoms with Crippen LogP contribution in [-0.2, 0) is 32.2 Å². The van der Waals surface area contributed by atoms with Crippen LogP contribution in [-0.4, -0.2) is 24.3 Å². The quantitative estimate of drug-likeness (QED) is 0.585. The Balaban J connectivity index is 1.46. The number of halogens is 2. The molecule has 1 N–H and O–H groups in total. The Kier molecular flexibility index (Phi) is 5.47. The molecule has 1 aromatic heterocycles. The number of nitrogens with one attached hydrogen (secondary N) is 1. The van der Waals surface area contributed by atoms with E-state index in [-0.39, 0.29) is 0 Å². The van der Waals surface area contributed by atoms with Crippen LogP contribution in [0.15, 0.2) is 30.3 Å². The van der Waals surface area contributed by atoms with Gasteiger partial charge >= 0.3 is 0 Å². The summed E-state index contributed by atoms with van der Waals surface area (Å²) in [6.45, 7) is 3.39. The fourth-order valence-corrected chi connectivity index (χ4v) is 5.41. The van der Waals surface area contributed by atoms with Gasteiger partial charge in [-0.3, -0.25) is 0 Å². The van der Waals surface area contributed by atoms with E-state index in [2.05, 4.69) is 34.1 Å². The van der Waals surface area contributed by atoms with E-state index in [1.807, 2.05) is 6.07 Å². The molecule has 0 radical (unpaired) electrons. The zero-order chi connectivity index (χ0) is 19.8. The van der Waals surface area contributed by atoms with Gasteiger partial charge in [-0.1, -0.05) is 41.4 Å². The predicted molar refractivity (Wildman–Crippen MR) is 121 cm³/mol. The van der Waals surface area contributed by atoms with Gasteiger partial charge in [0.05, 0.1) is 22.1 Å². The van der Waals surface area contributed by atoms with Gasteiger partial charge in [0.2, 0.25) is 0 Å². The van der Waals surface area contributed by atoms with Crippen LogP contribution in [0, 0.1) is 0 Å². The van der Waals surface area contributed by atoms with Crippen LogP contribution < -0.4 is 10.1 Å². The summed E-state index contributed by atoms with van der Waals surface area (Å²) in [6, 6.07) is 10.5. The molecule has 1 aliphatic carbocycles. The molecule has 0 saturated carbocycles. The molecule has 0 spiro atoms. The Morgan fingerprint density at radius 1 is 0.931 bits per heavy atom. The second kappa shape index (κ2) is 8.22. The summed E-state index contributed by atoms with van der Waals surface area (Å²) in [5.41, 5.74) is 6.69. The molecule has 0 atom stereocenters. The van der Waals surface area contributed by atoms with E-state index in [0.717, 1.165) is 50.2 Å². The van der Waals surface area contributed by atoms with Crippen LogP contribution >= 0.6 is 23.2 Å². The first-order valence-corrected chi connectivity index (χ1v) is 11.4. The molecule has 2 aliphatic rings. The number of benzene rings is 2. The maximum atomic E-state index is 6.67. The van der Waals surface area contributed by atoms with E-state index >= 15 is 0 Å². The average molecular weight is 429 g/mol. The Morgan fingerprint density at radius 3 is 2.72 bits per heavy atom. The molecule has 5 rings (SSSR count). The predicted octanol–water partition coefficient (Wildman–Crippen LogP) is 5.59. The summed E-state index contributed by atoms with van der Waals surface area (Å²) in [5.74, 6) is 1.05. The van der Waals surface area contributed by atoms with Crippen molar-refractivity contribution >= 4 is 34.1 Å². The van der Waals surface area contributed by atoms with Crippen LogP contribution in [0.25, 0.3) is 10.9 Å². The van der Waals surface area contributed by atoms with Crippen molar-refractivity contribution in [3.63, 3.8) is 0 Å². The van der Waals surface area contributed by atoms with Crippen molar-refractivity contribution in [3.8, 4) is 5.75 Å². The van der Waals surface area contributed by atoms with Gasteiger partial charge in [0, 0.05) is 24.0 Å². The molecule has 3 nitrogen and oxygen atoms in total. The molecule has 3 aromatic rings. The van der Waals surface area contributed by atoms with Crippen molar-refractivity contribution in [1.82, 2.24) is 9.88 Å². The summed E-state index contributed by atoms with van der Waals surface area (Å²) in [4.78, 5) is 0. The smallest absolute Gasteiger partial charge is 0.122 e. The maximum absolute atomic E-state index is 6.67. The van der Waals surface area contributed by atoms with E-state index in [9.17, 15) is 0 Å². The molecule has 2 aromatic carbocycles. The van der Waals surface area contributed by atoms with E-state index in [1.165, 1.54) is 47.0 Å². The first-order chi connectivity index (χ1) is 14.2. The molecule has 29 heavy (non-hydrogen) atoms. The third-order valence-corrected chi connectivity index (χ3v) is 7.15. The highest BCUT2D eigenvalue weighted by Gasteiger charge is 2.22. The minimum absolute atomic E-state index is 0.615. The van der Waals surface area contributed by atoms with Crippen molar-refractivity contribution in [1.29, 1.82) is 0 Å². The number of hydrogen-bond donors (Lipinski definition) is 1. The van der Waals surface area contributed by atoms with Gasteiger partial charge in [-0.2, -0.15) is 0 Å². The Hall–Kier alpha value is -1.68. The lowest BCUT2D eigenvalue weighted by molar-refractivity contribution is 0.294. The number of aryl methyl sites for hydroxylation is 1. The summed E-state index contributed by atoms with van der Waals surface area (Å²) in [7, 11) is 0. The van der Waals surface area contributed by atoms with Crippen LogP contribution in [0.2, 0.25) is 10.0 Å². The standard InChI is InChI=1S/C24H26Cl2N2O/c25-20-9-8-19-18-10-12-27-13-11-21(18)28(24(19)23(20)26)14-15-29-22-7-3-5-16-4-1-2-6-17(16)22/h3,5,7-9,27H,1-2,4,6,10-15H2. The molecular weight excluding hydrogens is 403 g/mol. The van der Waals surface area contributed by atoms with Gasteiger partial charge in [-0.25, -0.2) is 0 Å². The molecule has 0 saturated heterocycles. The molecule has 152 valence electrons. The van der Waals surface area contributed by atoms with E-state index in [4.69, 9.17) is 27.9 Å². The van der Waals surface area contributed by atoms with Crippen molar-refractivity contribution < 1.29 is 4.74 Å². The number of nitrogens with zero attached hydrogens (tertiary/aromatic N) is 1. The second-order valence-electron chi connectivity index (χ2n) is 8.03. The second-order valence-corrected chi connectivity index (χ2v) is 8.82. The third kappa shape index (κ3) is 3.54. The monoisotopic (exact) mass is 428 g/mol. The highest BCUT2D eigenvalue weighted by molar-refractivity contribution is 6.45. The first-order valence-electron chi connectivity index (χ1n) is 10.7. The van der Waals surface area contributed by atoms with Crippen molar-refractivity contribution in [3.05, 3.63) is 62.8 Å². The maximum Gasteiger partial charge on any atom is 0.122 e. The van der Waals surface area contributed by atoms with Crippen molar-refractivity contribution in [2.45, 2.75) is 45.1 Å². The normalized spacial score (nSPS) is 16.3.